The van der Waals surface area contributed by atoms with Crippen LogP contribution in [-0.2, 0) is 19.0 Å². The summed E-state index contributed by atoms with van der Waals surface area (Å²) >= 11 is 0. The minimum absolute atomic E-state index is 0.217. The van der Waals surface area contributed by atoms with Crippen LogP contribution in [0.1, 0.15) is 46.5 Å². The van der Waals surface area contributed by atoms with Crippen LogP contribution >= 0.6 is 0 Å². The molecule has 0 aliphatic carbocycles. The second-order valence-corrected chi connectivity index (χ2v) is 5.77. The van der Waals surface area contributed by atoms with Crippen LogP contribution in [0.5, 0.6) is 0 Å². The molecule has 0 spiro atoms. The van der Waals surface area contributed by atoms with Crippen LogP contribution < -0.4 is 0 Å². The molecule has 1 unspecified atom stereocenters. The Hall–Kier alpha value is -0.780. The average Bonchev–Trinajstić information content (AvgIpc) is 2.29. The lowest BCUT2D eigenvalue weighted by Crippen LogP contribution is -2.19. The Morgan fingerprint density at radius 1 is 1.24 bits per heavy atom. The van der Waals surface area contributed by atoms with Crippen molar-refractivity contribution in [1.82, 2.24) is 0 Å². The summed E-state index contributed by atoms with van der Waals surface area (Å²) < 4.78 is 30.9. The van der Waals surface area contributed by atoms with Gasteiger partial charge < -0.3 is 8.92 Å². The van der Waals surface area contributed by atoms with Crippen molar-refractivity contribution >= 4 is 16.3 Å². The summed E-state index contributed by atoms with van der Waals surface area (Å²) in [6, 6.07) is 0. The van der Waals surface area contributed by atoms with E-state index in [1.54, 1.807) is 0 Å². The Morgan fingerprint density at radius 2 is 1.88 bits per heavy atom. The molecule has 1 atom stereocenters. The number of ether oxygens (including phenoxy) is 1. The number of hydrogen-bond donors (Lipinski definition) is 0. The molecule has 0 heterocycles. The first-order valence-corrected chi connectivity index (χ1v) is 7.61. The molecule has 5 nitrogen and oxygen atoms in total. The molecule has 0 rings (SSSR count). The summed E-state index contributed by atoms with van der Waals surface area (Å²) in [6.45, 7) is 5.72. The molecule has 17 heavy (non-hydrogen) atoms. The first kappa shape index (κ1) is 16.2. The Balaban J connectivity index is 3.97. The van der Waals surface area contributed by atoms with Gasteiger partial charge >= 0.3 is 16.3 Å². The zero-order chi connectivity index (χ0) is 13.3. The molecule has 0 fully saturated rings. The number of rotatable bonds is 8. The highest BCUT2D eigenvalue weighted by molar-refractivity contribution is 7.87. The largest absolute Gasteiger partial charge is 0.524 e. The van der Waals surface area contributed by atoms with Crippen molar-refractivity contribution in [2.75, 3.05) is 12.4 Å². The SMILES string of the molecule is CCCCC(CC)COC(=O)OS(=O)(=O)CC. The monoisotopic (exact) mass is 266 g/mol. The smallest absolute Gasteiger partial charge is 0.433 e. The summed E-state index contributed by atoms with van der Waals surface area (Å²) in [7, 11) is -3.76. The van der Waals surface area contributed by atoms with Gasteiger partial charge in [0, 0.05) is 0 Å². The lowest BCUT2D eigenvalue weighted by Gasteiger charge is -2.13. The maximum atomic E-state index is 11.1. The predicted molar refractivity (Wildman–Crippen MR) is 65.2 cm³/mol. The number of unbranched alkanes of at least 4 members (excludes halogenated alkanes) is 1. The van der Waals surface area contributed by atoms with Crippen LogP contribution in [0.3, 0.4) is 0 Å². The molecule has 0 saturated carbocycles. The van der Waals surface area contributed by atoms with Gasteiger partial charge in [-0.2, -0.15) is 8.42 Å². The van der Waals surface area contributed by atoms with Gasteiger partial charge in [0.05, 0.1) is 12.4 Å². The van der Waals surface area contributed by atoms with Crippen molar-refractivity contribution in [2.24, 2.45) is 5.92 Å². The second-order valence-electron chi connectivity index (χ2n) is 3.91. The fraction of sp³-hybridized carbons (Fsp3) is 0.909. The molecular formula is C11H22O5S. The summed E-state index contributed by atoms with van der Waals surface area (Å²) in [5, 5.41) is 0. The third-order valence-electron chi connectivity index (χ3n) is 2.53. The zero-order valence-corrected chi connectivity index (χ0v) is 11.6. The van der Waals surface area contributed by atoms with E-state index in [0.29, 0.717) is 0 Å². The van der Waals surface area contributed by atoms with Crippen molar-refractivity contribution in [1.29, 1.82) is 0 Å². The van der Waals surface area contributed by atoms with Gasteiger partial charge in [0.15, 0.2) is 0 Å². The minimum Gasteiger partial charge on any atom is -0.433 e. The lowest BCUT2D eigenvalue weighted by molar-refractivity contribution is 0.0833. The van der Waals surface area contributed by atoms with E-state index in [2.05, 4.69) is 11.1 Å². The van der Waals surface area contributed by atoms with Crippen LogP contribution in [0.4, 0.5) is 4.79 Å². The maximum absolute atomic E-state index is 11.1. The van der Waals surface area contributed by atoms with Crippen LogP contribution in [0.25, 0.3) is 0 Å². The Bertz CT molecular complexity index is 310. The van der Waals surface area contributed by atoms with Gasteiger partial charge in [0.2, 0.25) is 0 Å². The van der Waals surface area contributed by atoms with E-state index in [-0.39, 0.29) is 18.3 Å². The Labute approximate surface area is 104 Å². The van der Waals surface area contributed by atoms with Crippen molar-refractivity contribution in [2.45, 2.75) is 46.5 Å². The van der Waals surface area contributed by atoms with Crippen molar-refractivity contribution in [3.05, 3.63) is 0 Å². The highest BCUT2D eigenvalue weighted by Crippen LogP contribution is 2.13. The molecule has 0 saturated heterocycles. The molecule has 0 aliphatic rings. The molecule has 0 radical (unpaired) electrons. The quantitative estimate of drug-likeness (QED) is 0.499. The molecule has 0 aromatic rings. The zero-order valence-electron chi connectivity index (χ0n) is 10.8. The average molecular weight is 266 g/mol. The van der Waals surface area contributed by atoms with E-state index in [1.807, 2.05) is 6.92 Å². The summed E-state index contributed by atoms with van der Waals surface area (Å²) in [5.41, 5.74) is 0. The van der Waals surface area contributed by atoms with E-state index >= 15 is 0 Å². The standard InChI is InChI=1S/C11H22O5S/c1-4-7-8-10(5-2)9-15-11(12)16-17(13,14)6-3/h10H,4-9H2,1-3H3. The minimum atomic E-state index is -3.76. The van der Waals surface area contributed by atoms with E-state index in [9.17, 15) is 13.2 Å². The highest BCUT2D eigenvalue weighted by atomic mass is 32.2. The normalized spacial score (nSPS) is 13.1. The Morgan fingerprint density at radius 3 is 2.35 bits per heavy atom. The van der Waals surface area contributed by atoms with Crippen molar-refractivity contribution in [3.63, 3.8) is 0 Å². The topological polar surface area (TPSA) is 69.7 Å². The summed E-state index contributed by atoms with van der Waals surface area (Å²) in [6.07, 6.45) is 2.91. The van der Waals surface area contributed by atoms with E-state index < -0.39 is 16.3 Å². The van der Waals surface area contributed by atoms with Gasteiger partial charge in [-0.25, -0.2) is 4.79 Å². The van der Waals surface area contributed by atoms with Crippen LogP contribution in [0.15, 0.2) is 0 Å². The van der Waals surface area contributed by atoms with E-state index in [4.69, 9.17) is 4.74 Å². The first-order valence-electron chi connectivity index (χ1n) is 6.04. The van der Waals surface area contributed by atoms with Crippen molar-refractivity contribution < 1.29 is 22.1 Å². The molecule has 102 valence electrons. The van der Waals surface area contributed by atoms with Gasteiger partial charge in [-0.05, 0) is 19.3 Å². The third kappa shape index (κ3) is 8.01. The first-order chi connectivity index (χ1) is 7.95. The molecule has 0 aromatic heterocycles. The molecule has 0 amide bonds. The summed E-state index contributed by atoms with van der Waals surface area (Å²) in [5.74, 6) is 0.0293. The van der Waals surface area contributed by atoms with E-state index in [1.165, 1.54) is 6.92 Å². The predicted octanol–water partition coefficient (Wildman–Crippen LogP) is 2.71. The van der Waals surface area contributed by atoms with Gasteiger partial charge in [-0.15, -0.1) is 0 Å². The van der Waals surface area contributed by atoms with Crippen LogP contribution in [0.2, 0.25) is 0 Å². The summed E-state index contributed by atoms with van der Waals surface area (Å²) in [4.78, 5) is 11.1. The molecule has 0 aliphatic heterocycles. The molecule has 6 heteroatoms. The van der Waals surface area contributed by atoms with Gasteiger partial charge in [-0.3, -0.25) is 0 Å². The lowest BCUT2D eigenvalue weighted by atomic mass is 10.0. The molecular weight excluding hydrogens is 244 g/mol. The molecule has 0 bridgehead atoms. The number of hydrogen-bond acceptors (Lipinski definition) is 5. The van der Waals surface area contributed by atoms with Crippen LogP contribution in [0, 0.1) is 5.92 Å². The second kappa shape index (κ2) is 8.33. The highest BCUT2D eigenvalue weighted by Gasteiger charge is 2.17. The molecule has 0 aromatic carbocycles. The number of carbonyl (C=O) groups is 1. The van der Waals surface area contributed by atoms with Gasteiger partial charge in [0.25, 0.3) is 0 Å². The Kier molecular flexibility index (Phi) is 7.95. The van der Waals surface area contributed by atoms with Gasteiger partial charge in [-0.1, -0.05) is 33.1 Å². The fourth-order valence-electron chi connectivity index (χ4n) is 1.27. The number of carbonyl (C=O) groups excluding carboxylic acids is 1. The molecule has 0 N–H and O–H groups in total. The fourth-order valence-corrected chi connectivity index (χ4v) is 1.64. The van der Waals surface area contributed by atoms with Crippen molar-refractivity contribution in [3.8, 4) is 0 Å². The van der Waals surface area contributed by atoms with Crippen LogP contribution in [-0.4, -0.2) is 26.9 Å². The third-order valence-corrected chi connectivity index (χ3v) is 3.63. The van der Waals surface area contributed by atoms with Gasteiger partial charge in [0.1, 0.15) is 0 Å². The maximum Gasteiger partial charge on any atom is 0.524 e. The van der Waals surface area contributed by atoms with E-state index in [0.717, 1.165) is 25.7 Å².